The molecule has 3 rings (SSSR count). The Bertz CT molecular complexity index is 763. The van der Waals surface area contributed by atoms with Gasteiger partial charge in [0.25, 0.3) is 5.69 Å². The molecule has 1 unspecified atom stereocenters. The second-order valence-corrected chi connectivity index (χ2v) is 5.68. The van der Waals surface area contributed by atoms with Gasteiger partial charge in [0.1, 0.15) is 6.54 Å². The summed E-state index contributed by atoms with van der Waals surface area (Å²) in [5.41, 5.74) is 2.77. The largest absolute Gasteiger partial charge is 0.312 e. The molecule has 1 aliphatic heterocycles. The Morgan fingerprint density at radius 3 is 2.86 bits per heavy atom. The third-order valence-corrected chi connectivity index (χ3v) is 4.42. The molecular formula is C15H14ClN3O3. The standard InChI is InChI=1S/C15H14ClN3O3/c16-5-11-8-17-7-10-4-14(19(21)22)12-2-1-9(6-18-20)3-13(12)15(10)11/h1-4,11,17H,5-8H2. The first-order valence-corrected chi connectivity index (χ1v) is 7.47. The maximum absolute atomic E-state index is 11.4. The van der Waals surface area contributed by atoms with Crippen LogP contribution in [0.4, 0.5) is 5.69 Å². The van der Waals surface area contributed by atoms with Crippen LogP contribution in [0.1, 0.15) is 22.6 Å². The predicted molar refractivity (Wildman–Crippen MR) is 85.3 cm³/mol. The van der Waals surface area contributed by atoms with Crippen LogP contribution in [0.3, 0.4) is 0 Å². The number of alkyl halides is 1. The first-order valence-electron chi connectivity index (χ1n) is 6.94. The summed E-state index contributed by atoms with van der Waals surface area (Å²) in [5, 5.41) is 18.9. The van der Waals surface area contributed by atoms with Crippen molar-refractivity contribution in [3.8, 4) is 0 Å². The highest BCUT2D eigenvalue weighted by Crippen LogP contribution is 2.38. The van der Waals surface area contributed by atoms with Gasteiger partial charge >= 0.3 is 0 Å². The van der Waals surface area contributed by atoms with Gasteiger partial charge in [-0.2, -0.15) is 4.91 Å². The molecule has 0 amide bonds. The van der Waals surface area contributed by atoms with Crippen LogP contribution in [0.5, 0.6) is 0 Å². The first kappa shape index (κ1) is 14.9. The zero-order valence-electron chi connectivity index (χ0n) is 11.7. The minimum atomic E-state index is -0.370. The molecular weight excluding hydrogens is 306 g/mol. The third-order valence-electron chi connectivity index (χ3n) is 4.05. The minimum Gasteiger partial charge on any atom is -0.312 e. The Labute approximate surface area is 131 Å². The zero-order valence-corrected chi connectivity index (χ0v) is 12.5. The molecule has 0 saturated heterocycles. The molecule has 0 bridgehead atoms. The monoisotopic (exact) mass is 319 g/mol. The van der Waals surface area contributed by atoms with E-state index in [4.69, 9.17) is 11.6 Å². The molecule has 2 aromatic rings. The van der Waals surface area contributed by atoms with E-state index in [0.29, 0.717) is 17.8 Å². The van der Waals surface area contributed by atoms with Crippen molar-refractivity contribution >= 4 is 28.1 Å². The summed E-state index contributed by atoms with van der Waals surface area (Å²) in [6.07, 6.45) is 0. The van der Waals surface area contributed by atoms with Crippen LogP contribution in [0.15, 0.2) is 29.4 Å². The number of nitrogens with one attached hydrogen (secondary N) is 1. The Morgan fingerprint density at radius 1 is 1.36 bits per heavy atom. The fourth-order valence-electron chi connectivity index (χ4n) is 3.10. The number of nitro benzene ring substituents is 1. The number of nitrogens with zero attached hydrogens (tertiary/aromatic N) is 2. The molecule has 0 radical (unpaired) electrons. The van der Waals surface area contributed by atoms with Crippen LogP contribution in [0, 0.1) is 15.0 Å². The van der Waals surface area contributed by atoms with E-state index >= 15 is 0 Å². The second-order valence-electron chi connectivity index (χ2n) is 5.37. The quantitative estimate of drug-likeness (QED) is 0.405. The summed E-state index contributed by atoms with van der Waals surface area (Å²) in [6.45, 7) is 1.37. The van der Waals surface area contributed by atoms with Gasteiger partial charge < -0.3 is 5.32 Å². The molecule has 114 valence electrons. The molecule has 1 aliphatic rings. The number of nitroso groups, excluding NO2 is 1. The summed E-state index contributed by atoms with van der Waals surface area (Å²) in [4.78, 5) is 21.5. The van der Waals surface area contributed by atoms with Gasteiger partial charge in [0, 0.05) is 31.0 Å². The lowest BCUT2D eigenvalue weighted by atomic mass is 9.86. The first-order chi connectivity index (χ1) is 10.7. The average molecular weight is 320 g/mol. The maximum atomic E-state index is 11.4. The van der Waals surface area contributed by atoms with E-state index in [9.17, 15) is 15.0 Å². The lowest BCUT2D eigenvalue weighted by Gasteiger charge is -2.26. The highest BCUT2D eigenvalue weighted by molar-refractivity contribution is 6.18. The zero-order chi connectivity index (χ0) is 15.7. The second kappa shape index (κ2) is 5.98. The molecule has 2 aromatic carbocycles. The SMILES string of the molecule is O=NCc1ccc2c([N+](=O)[O-])cc3c(c2c1)C(CCl)CNC3. The van der Waals surface area contributed by atoms with E-state index < -0.39 is 0 Å². The predicted octanol–water partition coefficient (Wildman–Crippen LogP) is 3.44. The normalized spacial score (nSPS) is 17.2. The van der Waals surface area contributed by atoms with Crippen molar-refractivity contribution in [2.75, 3.05) is 12.4 Å². The van der Waals surface area contributed by atoms with Crippen molar-refractivity contribution in [3.63, 3.8) is 0 Å². The van der Waals surface area contributed by atoms with E-state index in [2.05, 4.69) is 10.5 Å². The maximum Gasteiger partial charge on any atom is 0.277 e. The van der Waals surface area contributed by atoms with Gasteiger partial charge in [-0.1, -0.05) is 11.2 Å². The van der Waals surface area contributed by atoms with Gasteiger partial charge in [-0.15, -0.1) is 11.6 Å². The van der Waals surface area contributed by atoms with Crippen molar-refractivity contribution in [1.29, 1.82) is 0 Å². The number of rotatable bonds is 4. The molecule has 0 fully saturated rings. The highest BCUT2D eigenvalue weighted by Gasteiger charge is 2.26. The summed E-state index contributed by atoms with van der Waals surface area (Å²) < 4.78 is 0. The van der Waals surface area contributed by atoms with Crippen molar-refractivity contribution in [3.05, 3.63) is 56.0 Å². The van der Waals surface area contributed by atoms with Crippen LogP contribution in [0.2, 0.25) is 0 Å². The average Bonchev–Trinajstić information content (AvgIpc) is 2.53. The summed E-state index contributed by atoms with van der Waals surface area (Å²) in [7, 11) is 0. The van der Waals surface area contributed by atoms with E-state index in [0.717, 1.165) is 28.6 Å². The number of nitro groups is 1. The van der Waals surface area contributed by atoms with Gasteiger partial charge in [0.2, 0.25) is 0 Å². The summed E-state index contributed by atoms with van der Waals surface area (Å²) in [6, 6.07) is 6.86. The van der Waals surface area contributed by atoms with Crippen LogP contribution >= 0.6 is 11.6 Å². The molecule has 0 spiro atoms. The van der Waals surface area contributed by atoms with E-state index in [1.807, 2.05) is 6.07 Å². The topological polar surface area (TPSA) is 84.6 Å². The molecule has 1 atom stereocenters. The number of hydrogen-bond acceptors (Lipinski definition) is 5. The molecule has 7 heteroatoms. The lowest BCUT2D eigenvalue weighted by Crippen LogP contribution is -2.29. The fraction of sp³-hybridized carbons (Fsp3) is 0.333. The number of fused-ring (bicyclic) bond motifs is 3. The third kappa shape index (κ3) is 2.44. The van der Waals surface area contributed by atoms with Crippen LogP contribution in [-0.4, -0.2) is 17.3 Å². The van der Waals surface area contributed by atoms with Crippen molar-refractivity contribution in [1.82, 2.24) is 5.32 Å². The minimum absolute atomic E-state index is 0.0528. The fourth-order valence-corrected chi connectivity index (χ4v) is 3.36. The van der Waals surface area contributed by atoms with E-state index in [1.165, 1.54) is 0 Å². The Kier molecular flexibility index (Phi) is 4.04. The smallest absolute Gasteiger partial charge is 0.277 e. The summed E-state index contributed by atoms with van der Waals surface area (Å²) in [5.74, 6) is 0.524. The van der Waals surface area contributed by atoms with Crippen LogP contribution in [0.25, 0.3) is 10.8 Å². The van der Waals surface area contributed by atoms with Gasteiger partial charge in [-0.05, 0) is 34.2 Å². The van der Waals surface area contributed by atoms with Crippen molar-refractivity contribution in [2.45, 2.75) is 19.0 Å². The van der Waals surface area contributed by atoms with Gasteiger partial charge in [-0.3, -0.25) is 10.1 Å². The molecule has 0 aromatic heterocycles. The van der Waals surface area contributed by atoms with Crippen molar-refractivity contribution in [2.24, 2.45) is 5.18 Å². The number of non-ortho nitro benzene ring substituents is 1. The molecule has 1 heterocycles. The van der Waals surface area contributed by atoms with Crippen LogP contribution < -0.4 is 5.32 Å². The highest BCUT2D eigenvalue weighted by atomic mass is 35.5. The molecule has 22 heavy (non-hydrogen) atoms. The Morgan fingerprint density at radius 2 is 2.18 bits per heavy atom. The van der Waals surface area contributed by atoms with Gasteiger partial charge in [-0.25, -0.2) is 0 Å². The van der Waals surface area contributed by atoms with Gasteiger partial charge in [0.05, 0.1) is 10.3 Å². The number of benzene rings is 2. The lowest BCUT2D eigenvalue weighted by molar-refractivity contribution is -0.383. The Balaban J connectivity index is 2.34. The Hall–Kier alpha value is -2.05. The molecule has 1 N–H and O–H groups in total. The molecule has 0 aliphatic carbocycles. The van der Waals surface area contributed by atoms with Gasteiger partial charge in [0.15, 0.2) is 0 Å². The summed E-state index contributed by atoms with van der Waals surface area (Å²) >= 11 is 6.07. The van der Waals surface area contributed by atoms with Crippen molar-refractivity contribution < 1.29 is 4.92 Å². The van der Waals surface area contributed by atoms with E-state index in [-0.39, 0.29) is 23.1 Å². The number of halogens is 1. The van der Waals surface area contributed by atoms with Crippen LogP contribution in [-0.2, 0) is 13.1 Å². The molecule has 0 saturated carbocycles. The molecule has 6 nitrogen and oxygen atoms in total. The number of hydrogen-bond donors (Lipinski definition) is 1. The van der Waals surface area contributed by atoms with E-state index in [1.54, 1.807) is 18.2 Å².